The van der Waals surface area contributed by atoms with E-state index < -0.39 is 5.82 Å². The van der Waals surface area contributed by atoms with Gasteiger partial charge in [-0.05, 0) is 33.6 Å². The van der Waals surface area contributed by atoms with Crippen LogP contribution in [0, 0.1) is 5.82 Å². The van der Waals surface area contributed by atoms with Crippen LogP contribution in [0.3, 0.4) is 0 Å². The molecule has 0 saturated heterocycles. The number of hydrogen-bond acceptors (Lipinski definition) is 2. The van der Waals surface area contributed by atoms with Gasteiger partial charge in [0.1, 0.15) is 11.6 Å². The summed E-state index contributed by atoms with van der Waals surface area (Å²) in [6, 6.07) is 9.72. The van der Waals surface area contributed by atoms with Crippen LogP contribution in [0.2, 0.25) is 5.02 Å². The van der Waals surface area contributed by atoms with E-state index in [4.69, 9.17) is 16.3 Å². The van der Waals surface area contributed by atoms with Gasteiger partial charge in [0, 0.05) is 17.5 Å². The summed E-state index contributed by atoms with van der Waals surface area (Å²) in [7, 11) is 1.40. The van der Waals surface area contributed by atoms with E-state index in [1.807, 2.05) is 6.07 Å². The van der Waals surface area contributed by atoms with Crippen LogP contribution < -0.4 is 4.74 Å². The Hall–Kier alpha value is -1.39. The fourth-order valence-corrected chi connectivity index (χ4v) is 2.37. The molecule has 0 aliphatic carbocycles. The number of benzene rings is 2. The lowest BCUT2D eigenvalue weighted by Gasteiger charge is -2.09. The van der Waals surface area contributed by atoms with Crippen molar-refractivity contribution in [2.24, 2.45) is 0 Å². The zero-order valence-electron chi connectivity index (χ0n) is 10.6. The molecule has 5 heteroatoms. The SMILES string of the molecule is COc1cc(F)c(Br)cc1C(=O)Cc1ccccc1Cl. The van der Waals surface area contributed by atoms with Gasteiger partial charge in [0.25, 0.3) is 0 Å². The average Bonchev–Trinajstić information content (AvgIpc) is 2.43. The standard InChI is InChI=1S/C15H11BrClFO2/c1-20-15-8-13(18)11(16)7-10(15)14(19)6-9-4-2-3-5-12(9)17/h2-5,7-8H,6H2,1H3. The smallest absolute Gasteiger partial charge is 0.171 e. The molecule has 20 heavy (non-hydrogen) atoms. The summed E-state index contributed by atoms with van der Waals surface area (Å²) >= 11 is 9.10. The number of Topliss-reactive ketones (excluding diaryl/α,β-unsaturated/α-hetero) is 1. The molecule has 0 amide bonds. The van der Waals surface area contributed by atoms with Crippen LogP contribution in [-0.4, -0.2) is 12.9 Å². The molecule has 2 nitrogen and oxygen atoms in total. The van der Waals surface area contributed by atoms with E-state index in [2.05, 4.69) is 15.9 Å². The van der Waals surface area contributed by atoms with Gasteiger partial charge in [-0.2, -0.15) is 0 Å². The summed E-state index contributed by atoms with van der Waals surface area (Å²) < 4.78 is 18.7. The third-order valence-corrected chi connectivity index (χ3v) is 3.83. The summed E-state index contributed by atoms with van der Waals surface area (Å²) in [5.41, 5.74) is 1.04. The van der Waals surface area contributed by atoms with Crippen molar-refractivity contribution in [3.63, 3.8) is 0 Å². The topological polar surface area (TPSA) is 26.3 Å². The fraction of sp³-hybridized carbons (Fsp3) is 0.133. The van der Waals surface area contributed by atoms with E-state index >= 15 is 0 Å². The highest BCUT2D eigenvalue weighted by Gasteiger charge is 2.17. The van der Waals surface area contributed by atoms with Gasteiger partial charge in [-0.1, -0.05) is 29.8 Å². The van der Waals surface area contributed by atoms with Crippen molar-refractivity contribution in [2.75, 3.05) is 7.11 Å². The molecule has 0 radical (unpaired) electrons. The van der Waals surface area contributed by atoms with Crippen LogP contribution in [0.15, 0.2) is 40.9 Å². The van der Waals surface area contributed by atoms with Crippen molar-refractivity contribution >= 4 is 33.3 Å². The molecule has 0 aliphatic rings. The van der Waals surface area contributed by atoms with Gasteiger partial charge in [-0.3, -0.25) is 4.79 Å². The van der Waals surface area contributed by atoms with Gasteiger partial charge in [-0.25, -0.2) is 4.39 Å². The van der Waals surface area contributed by atoms with E-state index in [9.17, 15) is 9.18 Å². The number of carbonyl (C=O) groups is 1. The minimum Gasteiger partial charge on any atom is -0.496 e. The summed E-state index contributed by atoms with van der Waals surface area (Å²) in [6.45, 7) is 0. The maximum absolute atomic E-state index is 13.4. The first-order valence-electron chi connectivity index (χ1n) is 5.82. The van der Waals surface area contributed by atoms with Crippen molar-refractivity contribution in [3.05, 3.63) is 62.8 Å². The molecular weight excluding hydrogens is 347 g/mol. The molecule has 0 spiro atoms. The lowest BCUT2D eigenvalue weighted by atomic mass is 10.0. The van der Waals surface area contributed by atoms with E-state index in [-0.39, 0.29) is 22.4 Å². The van der Waals surface area contributed by atoms with E-state index in [1.165, 1.54) is 19.2 Å². The third-order valence-electron chi connectivity index (χ3n) is 2.85. The Morgan fingerprint density at radius 3 is 2.70 bits per heavy atom. The van der Waals surface area contributed by atoms with Crippen molar-refractivity contribution in [1.29, 1.82) is 0 Å². The monoisotopic (exact) mass is 356 g/mol. The number of hydrogen-bond donors (Lipinski definition) is 0. The molecule has 0 unspecified atom stereocenters. The van der Waals surface area contributed by atoms with Crippen molar-refractivity contribution < 1.29 is 13.9 Å². The second-order valence-electron chi connectivity index (χ2n) is 4.16. The fourth-order valence-electron chi connectivity index (χ4n) is 1.83. The molecular formula is C15H11BrClFO2. The Kier molecular flexibility index (Phi) is 4.78. The quantitative estimate of drug-likeness (QED) is 0.743. The van der Waals surface area contributed by atoms with E-state index in [1.54, 1.807) is 18.2 Å². The molecule has 0 fully saturated rings. The van der Waals surface area contributed by atoms with Gasteiger partial charge < -0.3 is 4.74 Å². The minimum absolute atomic E-state index is 0.133. The highest BCUT2D eigenvalue weighted by Crippen LogP contribution is 2.28. The van der Waals surface area contributed by atoms with Crippen LogP contribution in [-0.2, 0) is 6.42 Å². The molecule has 2 aromatic rings. The van der Waals surface area contributed by atoms with Crippen LogP contribution in [0.25, 0.3) is 0 Å². The number of ether oxygens (including phenoxy) is 1. The molecule has 2 aromatic carbocycles. The summed E-state index contributed by atoms with van der Waals surface area (Å²) in [5, 5.41) is 0.529. The lowest BCUT2D eigenvalue weighted by Crippen LogP contribution is -2.07. The van der Waals surface area contributed by atoms with Crippen molar-refractivity contribution in [3.8, 4) is 5.75 Å². The molecule has 0 saturated carbocycles. The zero-order valence-corrected chi connectivity index (χ0v) is 13.0. The second kappa shape index (κ2) is 6.37. The molecule has 0 N–H and O–H groups in total. The third kappa shape index (κ3) is 3.19. The maximum atomic E-state index is 13.4. The average molecular weight is 358 g/mol. The van der Waals surface area contributed by atoms with Crippen LogP contribution >= 0.6 is 27.5 Å². The van der Waals surface area contributed by atoms with E-state index in [0.717, 1.165) is 5.56 Å². The minimum atomic E-state index is -0.476. The van der Waals surface area contributed by atoms with Gasteiger partial charge in [0.2, 0.25) is 0 Å². The maximum Gasteiger partial charge on any atom is 0.171 e. The molecule has 0 atom stereocenters. The molecule has 0 aliphatic heterocycles. The van der Waals surface area contributed by atoms with Crippen LogP contribution in [0.5, 0.6) is 5.75 Å². The molecule has 104 valence electrons. The highest BCUT2D eigenvalue weighted by atomic mass is 79.9. The van der Waals surface area contributed by atoms with Gasteiger partial charge in [-0.15, -0.1) is 0 Å². The summed E-state index contributed by atoms with van der Waals surface area (Å²) in [6.07, 6.45) is 0.133. The molecule has 0 heterocycles. The second-order valence-corrected chi connectivity index (χ2v) is 5.42. The van der Waals surface area contributed by atoms with Gasteiger partial charge in [0.15, 0.2) is 5.78 Å². The Morgan fingerprint density at radius 2 is 2.05 bits per heavy atom. The van der Waals surface area contributed by atoms with Crippen molar-refractivity contribution in [2.45, 2.75) is 6.42 Å². The molecule has 0 aromatic heterocycles. The van der Waals surface area contributed by atoms with Crippen LogP contribution in [0.1, 0.15) is 15.9 Å². The predicted octanol–water partition coefficient (Wildman–Crippen LogP) is 4.68. The van der Waals surface area contributed by atoms with E-state index in [0.29, 0.717) is 10.6 Å². The number of ketones is 1. The first-order valence-corrected chi connectivity index (χ1v) is 6.99. The normalized spacial score (nSPS) is 10.4. The number of methoxy groups -OCH3 is 1. The predicted molar refractivity (Wildman–Crippen MR) is 80.1 cm³/mol. The van der Waals surface area contributed by atoms with Crippen molar-refractivity contribution in [1.82, 2.24) is 0 Å². The number of rotatable bonds is 4. The first kappa shape index (κ1) is 15.0. The summed E-state index contributed by atoms with van der Waals surface area (Å²) in [5.74, 6) is -0.449. The highest BCUT2D eigenvalue weighted by molar-refractivity contribution is 9.10. The zero-order chi connectivity index (χ0) is 14.7. The lowest BCUT2D eigenvalue weighted by molar-refractivity contribution is 0.0990. The Morgan fingerprint density at radius 1 is 1.35 bits per heavy atom. The Bertz CT molecular complexity index is 658. The van der Waals surface area contributed by atoms with Gasteiger partial charge >= 0.3 is 0 Å². The number of halogens is 3. The largest absolute Gasteiger partial charge is 0.496 e. The van der Waals surface area contributed by atoms with Gasteiger partial charge in [0.05, 0.1) is 17.1 Å². The Balaban J connectivity index is 2.34. The number of carbonyl (C=O) groups excluding carboxylic acids is 1. The molecule has 0 bridgehead atoms. The summed E-state index contributed by atoms with van der Waals surface area (Å²) in [4.78, 5) is 12.3. The van der Waals surface area contributed by atoms with Crippen LogP contribution in [0.4, 0.5) is 4.39 Å². The first-order chi connectivity index (χ1) is 9.52. The molecule has 2 rings (SSSR count). The Labute approximate surface area is 129 Å².